The molecule has 118 valence electrons. The maximum Gasteiger partial charge on any atom is 0.251 e. The zero-order valence-corrected chi connectivity index (χ0v) is 12.9. The van der Waals surface area contributed by atoms with Gasteiger partial charge in [-0.25, -0.2) is 0 Å². The van der Waals surface area contributed by atoms with Crippen LogP contribution in [0.3, 0.4) is 0 Å². The monoisotopic (exact) mass is 309 g/mol. The van der Waals surface area contributed by atoms with Crippen LogP contribution in [0, 0.1) is 0 Å². The smallest absolute Gasteiger partial charge is 0.251 e. The summed E-state index contributed by atoms with van der Waals surface area (Å²) in [5.74, 6) is 0.651. The van der Waals surface area contributed by atoms with Crippen molar-refractivity contribution in [3.63, 3.8) is 0 Å². The molecular formula is C17H19N5O. The lowest BCUT2D eigenvalue weighted by Crippen LogP contribution is -2.38. The molecule has 1 amide bonds. The Morgan fingerprint density at radius 3 is 2.57 bits per heavy atom. The zero-order chi connectivity index (χ0) is 16.1. The number of hydrazone groups is 1. The van der Waals surface area contributed by atoms with E-state index in [0.29, 0.717) is 17.9 Å². The van der Waals surface area contributed by atoms with Crippen LogP contribution >= 0.6 is 0 Å². The number of carbonyl (C=O) groups excluding carboxylic acids is 1. The molecule has 2 aromatic rings. The molecule has 0 aromatic heterocycles. The van der Waals surface area contributed by atoms with Crippen molar-refractivity contribution >= 4 is 17.4 Å². The summed E-state index contributed by atoms with van der Waals surface area (Å²) in [7, 11) is 0. The number of para-hydroxylation sites is 1. The number of rotatable bonds is 5. The molecule has 0 radical (unpaired) electrons. The molecule has 1 heterocycles. The third-order valence-electron chi connectivity index (χ3n) is 3.44. The van der Waals surface area contributed by atoms with Gasteiger partial charge in [-0.15, -0.1) is 10.6 Å². The van der Waals surface area contributed by atoms with Gasteiger partial charge >= 0.3 is 0 Å². The van der Waals surface area contributed by atoms with E-state index in [1.807, 2.05) is 49.4 Å². The number of carbonyl (C=O) groups is 1. The molecule has 0 aliphatic carbocycles. The topological polar surface area (TPSA) is 68.8 Å². The fraction of sp³-hybridized carbons (Fsp3) is 0.176. The third-order valence-corrected chi connectivity index (χ3v) is 3.44. The maximum atomic E-state index is 11.9. The SMILES string of the molecule is CCCNC(=O)c1ccc(C2=NN(c3ccccc3)NN2)cc1. The number of hydrogen-bond acceptors (Lipinski definition) is 5. The minimum atomic E-state index is -0.0521. The van der Waals surface area contributed by atoms with Crippen LogP contribution in [-0.2, 0) is 0 Å². The first kappa shape index (κ1) is 15.1. The largest absolute Gasteiger partial charge is 0.352 e. The lowest BCUT2D eigenvalue weighted by atomic mass is 10.1. The summed E-state index contributed by atoms with van der Waals surface area (Å²) in [5, 5.41) is 9.00. The molecule has 0 unspecified atom stereocenters. The molecule has 0 fully saturated rings. The van der Waals surface area contributed by atoms with E-state index in [2.05, 4.69) is 21.4 Å². The van der Waals surface area contributed by atoms with Gasteiger partial charge in [-0.05, 0) is 30.7 Å². The number of amidine groups is 1. The average molecular weight is 309 g/mol. The van der Waals surface area contributed by atoms with Crippen molar-refractivity contribution in [3.05, 3.63) is 65.7 Å². The molecule has 6 heteroatoms. The fourth-order valence-corrected chi connectivity index (χ4v) is 2.20. The van der Waals surface area contributed by atoms with Crippen LogP contribution in [0.25, 0.3) is 0 Å². The summed E-state index contributed by atoms with van der Waals surface area (Å²) >= 11 is 0. The van der Waals surface area contributed by atoms with Crippen LogP contribution in [0.1, 0.15) is 29.3 Å². The van der Waals surface area contributed by atoms with Gasteiger partial charge in [0.05, 0.1) is 5.69 Å². The zero-order valence-electron chi connectivity index (χ0n) is 12.9. The minimum Gasteiger partial charge on any atom is -0.352 e. The quantitative estimate of drug-likeness (QED) is 0.790. The lowest BCUT2D eigenvalue weighted by Gasteiger charge is -2.11. The van der Waals surface area contributed by atoms with E-state index in [4.69, 9.17) is 0 Å². The highest BCUT2D eigenvalue weighted by Crippen LogP contribution is 2.14. The van der Waals surface area contributed by atoms with Gasteiger partial charge in [0.1, 0.15) is 0 Å². The Morgan fingerprint density at radius 2 is 1.87 bits per heavy atom. The molecule has 0 saturated heterocycles. The number of hydrazine groups is 2. The highest BCUT2D eigenvalue weighted by Gasteiger charge is 2.16. The predicted molar refractivity (Wildman–Crippen MR) is 90.8 cm³/mol. The highest BCUT2D eigenvalue weighted by atomic mass is 16.1. The Morgan fingerprint density at radius 1 is 1.13 bits per heavy atom. The van der Waals surface area contributed by atoms with Crippen molar-refractivity contribution in [2.75, 3.05) is 11.7 Å². The van der Waals surface area contributed by atoms with Crippen molar-refractivity contribution < 1.29 is 4.79 Å². The summed E-state index contributed by atoms with van der Waals surface area (Å²) in [4.78, 5) is 11.9. The Labute approximate surface area is 135 Å². The van der Waals surface area contributed by atoms with Gasteiger partial charge in [-0.1, -0.05) is 37.3 Å². The van der Waals surface area contributed by atoms with Crippen LogP contribution in [0.5, 0.6) is 0 Å². The molecule has 1 aliphatic rings. The van der Waals surface area contributed by atoms with Gasteiger partial charge in [0, 0.05) is 17.7 Å². The predicted octanol–water partition coefficient (Wildman–Crippen LogP) is 2.02. The van der Waals surface area contributed by atoms with Crippen LogP contribution in [0.2, 0.25) is 0 Å². The fourth-order valence-electron chi connectivity index (χ4n) is 2.20. The van der Waals surface area contributed by atoms with Gasteiger partial charge in [-0.3, -0.25) is 10.2 Å². The van der Waals surface area contributed by atoms with Gasteiger partial charge in [0.2, 0.25) is 0 Å². The van der Waals surface area contributed by atoms with E-state index in [-0.39, 0.29) is 5.91 Å². The summed E-state index contributed by atoms with van der Waals surface area (Å²) in [6.45, 7) is 2.71. The first-order valence-electron chi connectivity index (χ1n) is 7.62. The number of benzene rings is 2. The van der Waals surface area contributed by atoms with Crippen molar-refractivity contribution in [1.82, 2.24) is 16.3 Å². The van der Waals surface area contributed by atoms with Crippen molar-refractivity contribution in [3.8, 4) is 0 Å². The molecule has 0 spiro atoms. The van der Waals surface area contributed by atoms with Crippen molar-refractivity contribution in [2.45, 2.75) is 13.3 Å². The van der Waals surface area contributed by atoms with E-state index in [1.165, 1.54) is 0 Å². The van der Waals surface area contributed by atoms with E-state index in [9.17, 15) is 4.79 Å². The molecule has 1 aliphatic heterocycles. The first-order valence-corrected chi connectivity index (χ1v) is 7.62. The lowest BCUT2D eigenvalue weighted by molar-refractivity contribution is 0.0953. The highest BCUT2D eigenvalue weighted by molar-refractivity contribution is 6.01. The maximum absolute atomic E-state index is 11.9. The number of hydrogen-bond donors (Lipinski definition) is 3. The Hall–Kier alpha value is -2.86. The van der Waals surface area contributed by atoms with Crippen molar-refractivity contribution in [1.29, 1.82) is 0 Å². The van der Waals surface area contributed by atoms with E-state index < -0.39 is 0 Å². The van der Waals surface area contributed by atoms with Crippen LogP contribution in [0.4, 0.5) is 5.69 Å². The second kappa shape index (κ2) is 6.93. The molecular weight excluding hydrogens is 290 g/mol. The van der Waals surface area contributed by atoms with E-state index >= 15 is 0 Å². The molecule has 3 rings (SSSR count). The van der Waals surface area contributed by atoms with Gasteiger partial charge in [0.15, 0.2) is 5.84 Å². The second-order valence-corrected chi connectivity index (χ2v) is 5.17. The number of nitrogens with one attached hydrogen (secondary N) is 3. The summed E-state index contributed by atoms with van der Waals surface area (Å²) in [5.41, 5.74) is 8.51. The Bertz CT molecular complexity index is 697. The Balaban J connectivity index is 1.71. The van der Waals surface area contributed by atoms with Gasteiger partial charge in [-0.2, -0.15) is 5.12 Å². The molecule has 6 nitrogen and oxygen atoms in total. The minimum absolute atomic E-state index is 0.0521. The summed E-state index contributed by atoms with van der Waals surface area (Å²) in [6, 6.07) is 17.1. The van der Waals surface area contributed by atoms with Crippen LogP contribution < -0.4 is 21.4 Å². The standard InChI is InChI=1S/C17H19N5O/c1-2-12-18-17(23)14-10-8-13(9-11-14)16-19-21-22(20-16)15-6-4-3-5-7-15/h3-11,21H,2,12H2,1H3,(H,18,23)(H,19,20). The number of anilines is 1. The van der Waals surface area contributed by atoms with Gasteiger partial charge in [0.25, 0.3) is 5.91 Å². The average Bonchev–Trinajstić information content (AvgIpc) is 3.11. The first-order chi connectivity index (χ1) is 11.3. The Kier molecular flexibility index (Phi) is 4.54. The van der Waals surface area contributed by atoms with Crippen LogP contribution in [0.15, 0.2) is 59.7 Å². The third kappa shape index (κ3) is 3.49. The summed E-state index contributed by atoms with van der Waals surface area (Å²) < 4.78 is 0. The molecule has 0 bridgehead atoms. The van der Waals surface area contributed by atoms with Crippen LogP contribution in [-0.4, -0.2) is 18.3 Å². The molecule has 0 atom stereocenters. The van der Waals surface area contributed by atoms with E-state index in [1.54, 1.807) is 17.3 Å². The number of nitrogens with zero attached hydrogens (tertiary/aromatic N) is 2. The molecule has 3 N–H and O–H groups in total. The van der Waals surface area contributed by atoms with Crippen molar-refractivity contribution in [2.24, 2.45) is 5.10 Å². The van der Waals surface area contributed by atoms with E-state index in [0.717, 1.165) is 17.7 Å². The molecule has 23 heavy (non-hydrogen) atoms. The normalized spacial score (nSPS) is 13.4. The summed E-state index contributed by atoms with van der Waals surface area (Å²) in [6.07, 6.45) is 0.922. The molecule has 0 saturated carbocycles. The second-order valence-electron chi connectivity index (χ2n) is 5.17. The molecule has 2 aromatic carbocycles. The van der Waals surface area contributed by atoms with Gasteiger partial charge < -0.3 is 5.32 Å². The number of amides is 1.